The van der Waals surface area contributed by atoms with Gasteiger partial charge in [-0.15, -0.1) is 21.5 Å². The van der Waals surface area contributed by atoms with Gasteiger partial charge in [0.15, 0.2) is 11.0 Å². The minimum absolute atomic E-state index is 0.123. The lowest BCUT2D eigenvalue weighted by Crippen LogP contribution is -2.18. The molecular weight excluding hydrogens is 499 g/mol. The molecule has 3 aromatic rings. The molecule has 164 valence electrons. The van der Waals surface area contributed by atoms with Gasteiger partial charge in [-0.1, -0.05) is 46.6 Å². The molecule has 0 aliphatic carbocycles. The third-order valence-corrected chi connectivity index (χ3v) is 7.60. The van der Waals surface area contributed by atoms with Crippen molar-refractivity contribution in [2.24, 2.45) is 0 Å². The van der Waals surface area contributed by atoms with E-state index in [4.69, 9.17) is 39.5 Å². The Morgan fingerprint density at radius 2 is 2.06 bits per heavy atom. The van der Waals surface area contributed by atoms with E-state index < -0.39 is 0 Å². The molecule has 0 bridgehead atoms. The summed E-state index contributed by atoms with van der Waals surface area (Å²) in [5, 5.41) is 15.2. The molecule has 3 heterocycles. The van der Waals surface area contributed by atoms with Gasteiger partial charge in [0, 0.05) is 22.4 Å². The van der Waals surface area contributed by atoms with Crippen LogP contribution >= 0.6 is 57.9 Å². The summed E-state index contributed by atoms with van der Waals surface area (Å²) in [6.45, 7) is 3.48. The van der Waals surface area contributed by atoms with Gasteiger partial charge in [0.1, 0.15) is 0 Å². The largest absolute Gasteiger partial charge is 0.376 e. The molecule has 1 aliphatic heterocycles. The van der Waals surface area contributed by atoms with Crippen molar-refractivity contribution in [2.45, 2.75) is 37.6 Å². The van der Waals surface area contributed by atoms with Crippen LogP contribution in [-0.4, -0.2) is 39.1 Å². The van der Waals surface area contributed by atoms with Gasteiger partial charge in [-0.2, -0.15) is 0 Å². The van der Waals surface area contributed by atoms with Crippen molar-refractivity contribution in [1.29, 1.82) is 0 Å². The van der Waals surface area contributed by atoms with Crippen molar-refractivity contribution in [2.75, 3.05) is 17.7 Å². The number of benzene rings is 1. The number of nitrogens with zero attached hydrogens (tertiary/aromatic N) is 3. The van der Waals surface area contributed by atoms with Crippen molar-refractivity contribution < 1.29 is 9.53 Å². The Morgan fingerprint density at radius 3 is 2.77 bits per heavy atom. The Bertz CT molecular complexity index is 1100. The molecule has 1 amide bonds. The molecule has 11 heteroatoms. The van der Waals surface area contributed by atoms with Crippen LogP contribution in [-0.2, 0) is 16.1 Å². The summed E-state index contributed by atoms with van der Waals surface area (Å²) in [4.78, 5) is 13.7. The van der Waals surface area contributed by atoms with Crippen LogP contribution in [0.4, 0.5) is 5.69 Å². The van der Waals surface area contributed by atoms with E-state index in [0.29, 0.717) is 32.5 Å². The molecule has 1 aliphatic rings. The van der Waals surface area contributed by atoms with Crippen LogP contribution in [0.25, 0.3) is 11.4 Å². The van der Waals surface area contributed by atoms with E-state index in [-0.39, 0.29) is 17.8 Å². The fraction of sp³-hybridized carbons (Fsp3) is 0.350. The molecule has 4 rings (SSSR count). The number of rotatable bonds is 7. The van der Waals surface area contributed by atoms with Crippen molar-refractivity contribution >= 4 is 69.5 Å². The summed E-state index contributed by atoms with van der Waals surface area (Å²) in [7, 11) is 0. The van der Waals surface area contributed by atoms with E-state index in [1.807, 2.05) is 4.57 Å². The second-order valence-corrected chi connectivity index (χ2v) is 10.4. The zero-order valence-electron chi connectivity index (χ0n) is 16.5. The number of carbonyl (C=O) groups is 1. The molecule has 1 unspecified atom stereocenters. The molecule has 0 spiro atoms. The quantitative estimate of drug-likeness (QED) is 0.299. The number of hydrogen-bond donors (Lipinski definition) is 1. The van der Waals surface area contributed by atoms with Crippen LogP contribution in [0, 0.1) is 6.92 Å². The van der Waals surface area contributed by atoms with Crippen molar-refractivity contribution in [3.8, 4) is 11.4 Å². The smallest absolute Gasteiger partial charge is 0.234 e. The monoisotopic (exact) mass is 516 g/mol. The number of aryl methyl sites for hydroxylation is 1. The third-order valence-electron chi connectivity index (χ3n) is 4.73. The van der Waals surface area contributed by atoms with Crippen LogP contribution in [0.15, 0.2) is 28.7 Å². The topological polar surface area (TPSA) is 69.0 Å². The van der Waals surface area contributed by atoms with E-state index in [9.17, 15) is 4.79 Å². The number of thioether (sulfide) groups is 1. The fourth-order valence-electron chi connectivity index (χ4n) is 3.26. The van der Waals surface area contributed by atoms with Gasteiger partial charge in [-0.25, -0.2) is 0 Å². The maximum atomic E-state index is 12.5. The maximum absolute atomic E-state index is 12.5. The molecule has 2 aromatic heterocycles. The number of hydrogen-bond acceptors (Lipinski definition) is 6. The highest BCUT2D eigenvalue weighted by molar-refractivity contribution is 7.99. The van der Waals surface area contributed by atoms with Gasteiger partial charge < -0.3 is 10.1 Å². The van der Waals surface area contributed by atoms with Crippen molar-refractivity contribution in [3.05, 3.63) is 43.5 Å². The first-order chi connectivity index (χ1) is 14.9. The number of ether oxygens (including phenoxy) is 1. The first-order valence-corrected chi connectivity index (χ1v) is 12.6. The first-order valence-electron chi connectivity index (χ1n) is 9.58. The summed E-state index contributed by atoms with van der Waals surface area (Å²) in [5.41, 5.74) is 1.43. The highest BCUT2D eigenvalue weighted by Crippen LogP contribution is 2.33. The predicted molar refractivity (Wildman–Crippen MR) is 128 cm³/mol. The summed E-state index contributed by atoms with van der Waals surface area (Å²) in [6, 6.07) is 5.13. The Labute approximate surface area is 203 Å². The summed E-state index contributed by atoms with van der Waals surface area (Å²) in [5.74, 6) is 0.697. The summed E-state index contributed by atoms with van der Waals surface area (Å²) >= 11 is 21.1. The average Bonchev–Trinajstić information content (AvgIpc) is 3.47. The second kappa shape index (κ2) is 10.1. The Morgan fingerprint density at radius 1 is 1.26 bits per heavy atom. The number of thiophene rings is 1. The van der Waals surface area contributed by atoms with Gasteiger partial charge in [0.2, 0.25) is 5.91 Å². The van der Waals surface area contributed by atoms with Crippen LogP contribution in [0.2, 0.25) is 15.1 Å². The Hall–Kier alpha value is -1.29. The Balaban J connectivity index is 1.49. The second-order valence-electron chi connectivity index (χ2n) is 7.08. The molecule has 6 nitrogen and oxygen atoms in total. The standard InChI is InChI=1S/C20H19Cl3N4O2S2/c1-11-5-12(9-30-11)19-25-26-20(27(19)8-13-3-2-4-29-13)31-10-18(28)24-17-7-15(22)14(21)6-16(17)23/h5-7,9,13H,2-4,8,10H2,1H3,(H,24,28). The number of halogens is 3. The third kappa shape index (κ3) is 5.56. The SMILES string of the molecule is Cc1cc(-c2nnc(SCC(=O)Nc3cc(Cl)c(Cl)cc3Cl)n2CC2CCCO2)cs1. The lowest BCUT2D eigenvalue weighted by Gasteiger charge is -2.14. The van der Waals surface area contributed by atoms with Gasteiger partial charge in [0.05, 0.1) is 39.2 Å². The molecule has 0 radical (unpaired) electrons. The number of anilines is 1. The van der Waals surface area contributed by atoms with Crippen LogP contribution in [0.1, 0.15) is 17.7 Å². The average molecular weight is 518 g/mol. The van der Waals surface area contributed by atoms with Gasteiger partial charge in [-0.05, 0) is 38.0 Å². The lowest BCUT2D eigenvalue weighted by molar-refractivity contribution is -0.113. The number of amides is 1. The van der Waals surface area contributed by atoms with Gasteiger partial charge >= 0.3 is 0 Å². The maximum Gasteiger partial charge on any atom is 0.234 e. The zero-order chi connectivity index (χ0) is 22.0. The zero-order valence-corrected chi connectivity index (χ0v) is 20.4. The van der Waals surface area contributed by atoms with E-state index in [0.717, 1.165) is 30.8 Å². The molecule has 1 aromatic carbocycles. The van der Waals surface area contributed by atoms with E-state index >= 15 is 0 Å². The molecular formula is C20H19Cl3N4O2S2. The molecule has 1 atom stereocenters. The summed E-state index contributed by atoms with van der Waals surface area (Å²) in [6.07, 6.45) is 2.17. The lowest BCUT2D eigenvalue weighted by atomic mass is 10.2. The highest BCUT2D eigenvalue weighted by atomic mass is 35.5. The Kier molecular flexibility index (Phi) is 7.46. The van der Waals surface area contributed by atoms with E-state index in [2.05, 4.69) is 33.9 Å². The number of carbonyl (C=O) groups excluding carboxylic acids is 1. The minimum atomic E-state index is -0.232. The molecule has 0 saturated carbocycles. The first kappa shape index (κ1) is 22.9. The summed E-state index contributed by atoms with van der Waals surface area (Å²) < 4.78 is 7.86. The highest BCUT2D eigenvalue weighted by Gasteiger charge is 2.23. The molecule has 31 heavy (non-hydrogen) atoms. The molecule has 1 N–H and O–H groups in total. The van der Waals surface area contributed by atoms with Crippen LogP contribution < -0.4 is 5.32 Å². The normalized spacial score (nSPS) is 16.1. The molecule has 1 fully saturated rings. The van der Waals surface area contributed by atoms with Crippen LogP contribution in [0.5, 0.6) is 0 Å². The van der Waals surface area contributed by atoms with Gasteiger partial charge in [0.25, 0.3) is 0 Å². The fourth-order valence-corrected chi connectivity index (χ4v) is 5.28. The van der Waals surface area contributed by atoms with Crippen molar-refractivity contribution in [3.63, 3.8) is 0 Å². The van der Waals surface area contributed by atoms with Gasteiger partial charge in [-0.3, -0.25) is 9.36 Å². The van der Waals surface area contributed by atoms with E-state index in [1.54, 1.807) is 11.3 Å². The van der Waals surface area contributed by atoms with Crippen molar-refractivity contribution in [1.82, 2.24) is 14.8 Å². The van der Waals surface area contributed by atoms with Crippen LogP contribution in [0.3, 0.4) is 0 Å². The molecule has 1 saturated heterocycles. The number of nitrogens with one attached hydrogen (secondary N) is 1. The van der Waals surface area contributed by atoms with E-state index in [1.165, 1.54) is 28.8 Å². The predicted octanol–water partition coefficient (Wildman–Crippen LogP) is 6.19. The number of aromatic nitrogens is 3. The minimum Gasteiger partial charge on any atom is -0.376 e.